The second kappa shape index (κ2) is 11.8. The minimum atomic E-state index is -0.255. The molecule has 0 aliphatic rings. The summed E-state index contributed by atoms with van der Waals surface area (Å²) < 4.78 is 6.45. The fraction of sp³-hybridized carbons (Fsp3) is 0.833. The highest BCUT2D eigenvalue weighted by Gasteiger charge is 2.26. The third kappa shape index (κ3) is 8.92. The number of carbonyl (C=O) groups excluding carboxylic acids is 1. The van der Waals surface area contributed by atoms with E-state index in [4.69, 9.17) is 4.74 Å². The lowest BCUT2D eigenvalue weighted by molar-refractivity contribution is -0.929. The predicted molar refractivity (Wildman–Crippen MR) is 90.2 cm³/mol. The standard InChI is InChI=1S/C18H36NO2/c1-6-9-12-19(13-10-7-2,14-11-8-3)15-16-21-18(20)17(4)5/h4,6-16H2,1-3,5H3/q+1. The van der Waals surface area contributed by atoms with Crippen LogP contribution in [-0.4, -0.2) is 43.2 Å². The summed E-state index contributed by atoms with van der Waals surface area (Å²) in [5, 5.41) is 0. The Morgan fingerprint density at radius 1 is 0.905 bits per heavy atom. The molecular weight excluding hydrogens is 262 g/mol. The van der Waals surface area contributed by atoms with Gasteiger partial charge in [-0.15, -0.1) is 0 Å². The van der Waals surface area contributed by atoms with Crippen LogP contribution in [0.25, 0.3) is 0 Å². The molecule has 0 aliphatic carbocycles. The Kier molecular flexibility index (Phi) is 11.3. The molecule has 124 valence electrons. The number of nitrogens with zero attached hydrogens (tertiary/aromatic N) is 1. The number of carbonyl (C=O) groups is 1. The van der Waals surface area contributed by atoms with E-state index >= 15 is 0 Å². The van der Waals surface area contributed by atoms with Crippen LogP contribution in [0.2, 0.25) is 0 Å². The van der Waals surface area contributed by atoms with Gasteiger partial charge in [0.25, 0.3) is 0 Å². The van der Waals surface area contributed by atoms with E-state index in [1.807, 2.05) is 0 Å². The van der Waals surface area contributed by atoms with Gasteiger partial charge in [0.15, 0.2) is 0 Å². The van der Waals surface area contributed by atoms with Gasteiger partial charge in [0.2, 0.25) is 0 Å². The number of esters is 1. The van der Waals surface area contributed by atoms with Gasteiger partial charge < -0.3 is 9.22 Å². The molecule has 0 heterocycles. The normalized spacial score (nSPS) is 11.4. The lowest BCUT2D eigenvalue weighted by atomic mass is 10.1. The van der Waals surface area contributed by atoms with Crippen molar-refractivity contribution in [2.75, 3.05) is 32.8 Å². The molecular formula is C18H36NO2+. The third-order valence-corrected chi connectivity index (χ3v) is 4.11. The number of ether oxygens (including phenoxy) is 1. The van der Waals surface area contributed by atoms with Crippen molar-refractivity contribution in [1.29, 1.82) is 0 Å². The van der Waals surface area contributed by atoms with Crippen LogP contribution in [0.3, 0.4) is 0 Å². The van der Waals surface area contributed by atoms with Gasteiger partial charge in [-0.25, -0.2) is 4.79 Å². The lowest BCUT2D eigenvalue weighted by Crippen LogP contribution is -2.52. The largest absolute Gasteiger partial charge is 0.456 e. The molecule has 0 aromatic heterocycles. The smallest absolute Gasteiger partial charge is 0.333 e. The summed E-state index contributed by atoms with van der Waals surface area (Å²) in [5.41, 5.74) is 0.490. The van der Waals surface area contributed by atoms with Crippen LogP contribution in [-0.2, 0) is 9.53 Å². The number of hydrogen-bond donors (Lipinski definition) is 0. The van der Waals surface area contributed by atoms with E-state index in [9.17, 15) is 4.79 Å². The summed E-state index contributed by atoms with van der Waals surface area (Å²) in [6.45, 7) is 17.2. The third-order valence-electron chi connectivity index (χ3n) is 4.11. The molecule has 0 bridgehead atoms. The molecule has 0 radical (unpaired) electrons. The van der Waals surface area contributed by atoms with Crippen molar-refractivity contribution in [2.45, 2.75) is 66.2 Å². The maximum Gasteiger partial charge on any atom is 0.333 e. The fourth-order valence-corrected chi connectivity index (χ4v) is 2.61. The van der Waals surface area contributed by atoms with E-state index in [-0.39, 0.29) is 5.97 Å². The van der Waals surface area contributed by atoms with Gasteiger partial charge >= 0.3 is 5.97 Å². The molecule has 0 aromatic rings. The Bertz CT molecular complexity index is 278. The van der Waals surface area contributed by atoms with Crippen molar-refractivity contribution in [1.82, 2.24) is 0 Å². The maximum absolute atomic E-state index is 11.5. The van der Waals surface area contributed by atoms with Gasteiger partial charge in [0.05, 0.1) is 19.6 Å². The molecule has 0 fully saturated rings. The highest BCUT2D eigenvalue weighted by Crippen LogP contribution is 2.15. The maximum atomic E-state index is 11.5. The molecule has 0 rings (SSSR count). The number of quaternary nitrogens is 1. The van der Waals surface area contributed by atoms with E-state index < -0.39 is 0 Å². The Labute approximate surface area is 131 Å². The molecule has 0 unspecified atom stereocenters. The van der Waals surface area contributed by atoms with Gasteiger partial charge in [-0.3, -0.25) is 0 Å². The second-order valence-corrected chi connectivity index (χ2v) is 6.21. The Balaban J connectivity index is 4.61. The monoisotopic (exact) mass is 298 g/mol. The van der Waals surface area contributed by atoms with Crippen molar-refractivity contribution in [3.63, 3.8) is 0 Å². The number of hydrogen-bond acceptors (Lipinski definition) is 2. The van der Waals surface area contributed by atoms with Crippen molar-refractivity contribution in [3.05, 3.63) is 12.2 Å². The van der Waals surface area contributed by atoms with Crippen molar-refractivity contribution < 1.29 is 14.0 Å². The van der Waals surface area contributed by atoms with Crippen LogP contribution >= 0.6 is 0 Å². The molecule has 3 heteroatoms. The van der Waals surface area contributed by atoms with Gasteiger partial charge in [0, 0.05) is 5.57 Å². The van der Waals surface area contributed by atoms with E-state index in [1.54, 1.807) is 6.92 Å². The lowest BCUT2D eigenvalue weighted by Gasteiger charge is -2.39. The number of unbranched alkanes of at least 4 members (excludes halogenated alkanes) is 3. The average molecular weight is 298 g/mol. The van der Waals surface area contributed by atoms with Crippen LogP contribution < -0.4 is 0 Å². The summed E-state index contributed by atoms with van der Waals surface area (Å²) in [4.78, 5) is 11.5. The van der Waals surface area contributed by atoms with Crippen LogP contribution in [0.4, 0.5) is 0 Å². The summed E-state index contributed by atoms with van der Waals surface area (Å²) in [6.07, 6.45) is 7.43. The summed E-state index contributed by atoms with van der Waals surface area (Å²) >= 11 is 0. The highest BCUT2D eigenvalue weighted by molar-refractivity contribution is 5.86. The van der Waals surface area contributed by atoms with Gasteiger partial charge in [0.1, 0.15) is 13.2 Å². The summed E-state index contributed by atoms with van der Waals surface area (Å²) in [7, 11) is 0. The molecule has 0 aliphatic heterocycles. The molecule has 0 saturated carbocycles. The minimum absolute atomic E-state index is 0.255. The zero-order valence-electron chi connectivity index (χ0n) is 14.7. The predicted octanol–water partition coefficient (Wildman–Crippen LogP) is 4.32. The van der Waals surface area contributed by atoms with E-state index in [0.29, 0.717) is 12.2 Å². The Morgan fingerprint density at radius 2 is 1.33 bits per heavy atom. The zero-order chi connectivity index (χ0) is 16.1. The molecule has 0 saturated heterocycles. The Morgan fingerprint density at radius 3 is 1.67 bits per heavy atom. The average Bonchev–Trinajstić information content (AvgIpc) is 2.48. The summed E-state index contributed by atoms with van der Waals surface area (Å²) in [6, 6.07) is 0. The summed E-state index contributed by atoms with van der Waals surface area (Å²) in [5.74, 6) is -0.255. The minimum Gasteiger partial charge on any atom is -0.456 e. The van der Waals surface area contributed by atoms with Crippen molar-refractivity contribution in [2.24, 2.45) is 0 Å². The highest BCUT2D eigenvalue weighted by atomic mass is 16.5. The molecule has 3 nitrogen and oxygen atoms in total. The van der Waals surface area contributed by atoms with Crippen LogP contribution in [0, 0.1) is 0 Å². The van der Waals surface area contributed by atoms with E-state index in [2.05, 4.69) is 27.4 Å². The first-order valence-corrected chi connectivity index (χ1v) is 8.69. The van der Waals surface area contributed by atoms with Crippen LogP contribution in [0.15, 0.2) is 12.2 Å². The first-order chi connectivity index (χ1) is 10.0. The first-order valence-electron chi connectivity index (χ1n) is 8.69. The van der Waals surface area contributed by atoms with Gasteiger partial charge in [-0.1, -0.05) is 46.6 Å². The van der Waals surface area contributed by atoms with Crippen LogP contribution in [0.1, 0.15) is 66.2 Å². The second-order valence-electron chi connectivity index (χ2n) is 6.21. The first kappa shape index (κ1) is 20.2. The van der Waals surface area contributed by atoms with Crippen molar-refractivity contribution >= 4 is 5.97 Å². The number of rotatable bonds is 13. The fourth-order valence-electron chi connectivity index (χ4n) is 2.61. The molecule has 0 aromatic carbocycles. The van der Waals surface area contributed by atoms with Crippen LogP contribution in [0.5, 0.6) is 0 Å². The van der Waals surface area contributed by atoms with Gasteiger partial charge in [-0.05, 0) is 26.2 Å². The molecule has 0 amide bonds. The van der Waals surface area contributed by atoms with E-state index in [1.165, 1.54) is 58.2 Å². The zero-order valence-corrected chi connectivity index (χ0v) is 14.7. The molecule has 0 atom stereocenters. The van der Waals surface area contributed by atoms with Gasteiger partial charge in [-0.2, -0.15) is 0 Å². The van der Waals surface area contributed by atoms with Crippen molar-refractivity contribution in [3.8, 4) is 0 Å². The SMILES string of the molecule is C=C(C)C(=O)OCC[N+](CCCC)(CCCC)CCCC. The molecule has 0 spiro atoms. The molecule has 0 N–H and O–H groups in total. The quantitative estimate of drug-likeness (QED) is 0.287. The topological polar surface area (TPSA) is 26.3 Å². The Hall–Kier alpha value is -0.830. The van der Waals surface area contributed by atoms with E-state index in [0.717, 1.165) is 11.0 Å². The molecule has 21 heavy (non-hydrogen) atoms.